The van der Waals surface area contributed by atoms with E-state index in [-0.39, 0.29) is 36.1 Å². The molecule has 1 amide bonds. The van der Waals surface area contributed by atoms with E-state index in [9.17, 15) is 13.2 Å². The Morgan fingerprint density at radius 2 is 1.90 bits per heavy atom. The Kier molecular flexibility index (Phi) is 7.09. The molecule has 1 atom stereocenters. The minimum Gasteiger partial charge on any atom is -0.396 e. The molecule has 6 nitrogen and oxygen atoms in total. The van der Waals surface area contributed by atoms with Crippen LogP contribution in [0.5, 0.6) is 0 Å². The molecule has 1 saturated heterocycles. The predicted molar refractivity (Wildman–Crippen MR) is 82.2 cm³/mol. The molecule has 0 spiro atoms. The van der Waals surface area contributed by atoms with E-state index in [4.69, 9.17) is 5.11 Å². The molecule has 0 saturated carbocycles. The Balaban J connectivity index is 2.52. The number of nitrogens with zero attached hydrogens (tertiary/aromatic N) is 1. The summed E-state index contributed by atoms with van der Waals surface area (Å²) in [7, 11) is -3.15. The van der Waals surface area contributed by atoms with Gasteiger partial charge in [-0.2, -0.15) is 0 Å². The van der Waals surface area contributed by atoms with Crippen LogP contribution < -0.4 is 5.32 Å². The van der Waals surface area contributed by atoms with Crippen LogP contribution in [-0.4, -0.2) is 55.2 Å². The topological polar surface area (TPSA) is 86.7 Å². The molecular formula is C14H28N2O4S. The second-order valence-electron chi connectivity index (χ2n) is 5.95. The quantitative estimate of drug-likeness (QED) is 0.718. The van der Waals surface area contributed by atoms with Crippen LogP contribution in [0.4, 0.5) is 0 Å². The first-order chi connectivity index (χ1) is 9.81. The van der Waals surface area contributed by atoms with Crippen molar-refractivity contribution in [2.24, 2.45) is 11.8 Å². The van der Waals surface area contributed by atoms with Crippen molar-refractivity contribution in [3.05, 3.63) is 0 Å². The number of piperidine rings is 1. The number of aliphatic hydroxyl groups excluding tert-OH is 1. The molecule has 7 heteroatoms. The van der Waals surface area contributed by atoms with E-state index in [0.717, 1.165) is 0 Å². The Morgan fingerprint density at radius 1 is 1.33 bits per heavy atom. The van der Waals surface area contributed by atoms with Gasteiger partial charge in [-0.05, 0) is 32.1 Å². The van der Waals surface area contributed by atoms with Crippen molar-refractivity contribution >= 4 is 15.9 Å². The first-order valence-electron chi connectivity index (χ1n) is 7.70. The fraction of sp³-hybridized carbons (Fsp3) is 0.929. The van der Waals surface area contributed by atoms with Gasteiger partial charge in [0.25, 0.3) is 0 Å². The molecule has 1 heterocycles. The maximum absolute atomic E-state index is 12.3. The van der Waals surface area contributed by atoms with Gasteiger partial charge in [0.15, 0.2) is 0 Å². The molecule has 0 aromatic rings. The third-order valence-electron chi connectivity index (χ3n) is 4.16. The molecule has 1 fully saturated rings. The number of aliphatic hydroxyl groups is 1. The average molecular weight is 320 g/mol. The van der Waals surface area contributed by atoms with E-state index in [2.05, 4.69) is 5.32 Å². The number of sulfonamides is 1. The van der Waals surface area contributed by atoms with Crippen molar-refractivity contribution in [1.29, 1.82) is 0 Å². The van der Waals surface area contributed by atoms with Gasteiger partial charge in [0, 0.05) is 31.7 Å². The third kappa shape index (κ3) is 5.23. The molecule has 2 N–H and O–H groups in total. The summed E-state index contributed by atoms with van der Waals surface area (Å²) in [6, 6.07) is -0.0279. The molecule has 0 radical (unpaired) electrons. The molecule has 1 unspecified atom stereocenters. The van der Waals surface area contributed by atoms with Gasteiger partial charge >= 0.3 is 0 Å². The standard InChI is InChI=1S/C14H28N2O4S/c1-4-21(19,20)16-8-5-12(6-9-16)14(18)15-13(7-10-17)11(2)3/h11-13,17H,4-10H2,1-3H3,(H,15,18). The van der Waals surface area contributed by atoms with Gasteiger partial charge in [-0.15, -0.1) is 0 Å². The molecule has 124 valence electrons. The largest absolute Gasteiger partial charge is 0.396 e. The van der Waals surface area contributed by atoms with Crippen molar-refractivity contribution < 1.29 is 18.3 Å². The van der Waals surface area contributed by atoms with Gasteiger partial charge in [0.2, 0.25) is 15.9 Å². The first-order valence-corrected chi connectivity index (χ1v) is 9.31. The van der Waals surface area contributed by atoms with Gasteiger partial charge in [-0.1, -0.05) is 13.8 Å². The average Bonchev–Trinajstić information content (AvgIpc) is 2.46. The number of amides is 1. The highest BCUT2D eigenvalue weighted by molar-refractivity contribution is 7.89. The second-order valence-corrected chi connectivity index (χ2v) is 8.20. The lowest BCUT2D eigenvalue weighted by molar-refractivity contribution is -0.127. The van der Waals surface area contributed by atoms with Crippen LogP contribution in [0.3, 0.4) is 0 Å². The number of nitrogens with one attached hydrogen (secondary N) is 1. The van der Waals surface area contributed by atoms with Crippen molar-refractivity contribution in [2.75, 3.05) is 25.4 Å². The summed E-state index contributed by atoms with van der Waals surface area (Å²) < 4.78 is 25.0. The number of carbonyl (C=O) groups is 1. The summed E-state index contributed by atoms with van der Waals surface area (Å²) >= 11 is 0. The van der Waals surface area contributed by atoms with E-state index >= 15 is 0 Å². The molecule has 1 rings (SSSR count). The Morgan fingerprint density at radius 3 is 2.33 bits per heavy atom. The SMILES string of the molecule is CCS(=O)(=O)N1CCC(C(=O)NC(CCO)C(C)C)CC1. The second kappa shape index (κ2) is 8.10. The maximum atomic E-state index is 12.3. The van der Waals surface area contributed by atoms with Crippen molar-refractivity contribution in [1.82, 2.24) is 9.62 Å². The van der Waals surface area contributed by atoms with Crippen LogP contribution in [0.2, 0.25) is 0 Å². The lowest BCUT2D eigenvalue weighted by Crippen LogP contribution is -2.47. The molecule has 0 aliphatic carbocycles. The summed E-state index contributed by atoms with van der Waals surface area (Å²) in [6.07, 6.45) is 1.68. The van der Waals surface area contributed by atoms with Gasteiger partial charge in [0.1, 0.15) is 0 Å². The number of hydrogen-bond donors (Lipinski definition) is 2. The van der Waals surface area contributed by atoms with Crippen molar-refractivity contribution in [3.8, 4) is 0 Å². The summed E-state index contributed by atoms with van der Waals surface area (Å²) in [5, 5.41) is 12.0. The fourth-order valence-electron chi connectivity index (χ4n) is 2.59. The van der Waals surface area contributed by atoms with E-state index in [1.54, 1.807) is 6.92 Å². The molecule has 21 heavy (non-hydrogen) atoms. The predicted octanol–water partition coefficient (Wildman–Crippen LogP) is 0.571. The highest BCUT2D eigenvalue weighted by atomic mass is 32.2. The lowest BCUT2D eigenvalue weighted by atomic mass is 9.95. The number of hydrogen-bond acceptors (Lipinski definition) is 4. The van der Waals surface area contributed by atoms with Crippen LogP contribution in [-0.2, 0) is 14.8 Å². The molecule has 0 aromatic carbocycles. The molecule has 0 bridgehead atoms. The minimum atomic E-state index is -3.15. The van der Waals surface area contributed by atoms with Gasteiger partial charge in [0.05, 0.1) is 5.75 Å². The zero-order valence-corrected chi connectivity index (χ0v) is 14.0. The van der Waals surface area contributed by atoms with Crippen LogP contribution in [0.15, 0.2) is 0 Å². The smallest absolute Gasteiger partial charge is 0.223 e. The van der Waals surface area contributed by atoms with Crippen molar-refractivity contribution in [3.63, 3.8) is 0 Å². The van der Waals surface area contributed by atoms with Gasteiger partial charge in [-0.3, -0.25) is 4.79 Å². The zero-order chi connectivity index (χ0) is 16.0. The Labute approximate surface area is 128 Å². The fourth-order valence-corrected chi connectivity index (χ4v) is 3.72. The van der Waals surface area contributed by atoms with Crippen molar-refractivity contribution in [2.45, 2.75) is 46.1 Å². The van der Waals surface area contributed by atoms with Crippen LogP contribution in [0, 0.1) is 11.8 Å². The minimum absolute atomic E-state index is 0.0179. The van der Waals surface area contributed by atoms with E-state index in [0.29, 0.717) is 32.4 Å². The Bertz CT molecular complexity index is 428. The highest BCUT2D eigenvalue weighted by Crippen LogP contribution is 2.20. The Hall–Kier alpha value is -0.660. The zero-order valence-electron chi connectivity index (χ0n) is 13.2. The highest BCUT2D eigenvalue weighted by Gasteiger charge is 2.31. The molecular weight excluding hydrogens is 292 g/mol. The third-order valence-corrected chi connectivity index (χ3v) is 6.04. The normalized spacial score (nSPS) is 19.7. The van der Waals surface area contributed by atoms with Gasteiger partial charge < -0.3 is 10.4 Å². The first kappa shape index (κ1) is 18.4. The van der Waals surface area contributed by atoms with E-state index < -0.39 is 10.0 Å². The van der Waals surface area contributed by atoms with Crippen LogP contribution in [0.25, 0.3) is 0 Å². The summed E-state index contributed by atoms with van der Waals surface area (Å²) in [5.74, 6) is 0.223. The summed E-state index contributed by atoms with van der Waals surface area (Å²) in [6.45, 7) is 6.54. The van der Waals surface area contributed by atoms with Gasteiger partial charge in [-0.25, -0.2) is 12.7 Å². The lowest BCUT2D eigenvalue weighted by Gasteiger charge is -2.31. The van der Waals surface area contributed by atoms with E-state index in [1.807, 2.05) is 13.8 Å². The number of carbonyl (C=O) groups excluding carboxylic acids is 1. The van der Waals surface area contributed by atoms with E-state index in [1.165, 1.54) is 4.31 Å². The summed E-state index contributed by atoms with van der Waals surface area (Å²) in [4.78, 5) is 12.3. The summed E-state index contributed by atoms with van der Waals surface area (Å²) in [5.41, 5.74) is 0. The van der Waals surface area contributed by atoms with Crippen LogP contribution in [0.1, 0.15) is 40.0 Å². The number of rotatable bonds is 7. The maximum Gasteiger partial charge on any atom is 0.223 e. The molecule has 1 aliphatic rings. The molecule has 1 aliphatic heterocycles. The monoisotopic (exact) mass is 320 g/mol. The van der Waals surface area contributed by atoms with Crippen LogP contribution >= 0.6 is 0 Å². The molecule has 0 aromatic heterocycles.